The second-order valence-electron chi connectivity index (χ2n) is 6.56. The molecule has 0 spiro atoms. The predicted molar refractivity (Wildman–Crippen MR) is 86.4 cm³/mol. The summed E-state index contributed by atoms with van der Waals surface area (Å²) >= 11 is 0. The van der Waals surface area contributed by atoms with E-state index in [0.717, 1.165) is 17.8 Å². The predicted octanol–water partition coefficient (Wildman–Crippen LogP) is 3.80. The summed E-state index contributed by atoms with van der Waals surface area (Å²) in [5.74, 6) is 0.119. The molecule has 3 nitrogen and oxygen atoms in total. The van der Waals surface area contributed by atoms with Gasteiger partial charge in [0.2, 0.25) is 5.91 Å². The smallest absolute Gasteiger partial charge is 0.228 e. The van der Waals surface area contributed by atoms with E-state index in [1.165, 1.54) is 37.7 Å². The van der Waals surface area contributed by atoms with Gasteiger partial charge in [0.25, 0.3) is 0 Å². The van der Waals surface area contributed by atoms with Crippen molar-refractivity contribution in [3.05, 3.63) is 29.3 Å². The van der Waals surface area contributed by atoms with Crippen LogP contribution >= 0.6 is 0 Å². The molecule has 1 aliphatic heterocycles. The van der Waals surface area contributed by atoms with Gasteiger partial charge in [-0.15, -0.1) is 0 Å². The van der Waals surface area contributed by atoms with Gasteiger partial charge in [0, 0.05) is 11.7 Å². The van der Waals surface area contributed by atoms with Gasteiger partial charge in [0.15, 0.2) is 0 Å². The molecule has 0 radical (unpaired) electrons. The van der Waals surface area contributed by atoms with E-state index in [9.17, 15) is 4.79 Å². The van der Waals surface area contributed by atoms with Crippen LogP contribution in [0.2, 0.25) is 0 Å². The number of rotatable bonds is 5. The Hall–Kier alpha value is -1.35. The van der Waals surface area contributed by atoms with Crippen molar-refractivity contribution < 1.29 is 4.79 Å². The molecule has 2 aliphatic rings. The molecule has 2 N–H and O–H groups in total. The van der Waals surface area contributed by atoms with E-state index >= 15 is 0 Å². The Morgan fingerprint density at radius 1 is 1.29 bits per heavy atom. The summed E-state index contributed by atoms with van der Waals surface area (Å²) in [7, 11) is 0. The van der Waals surface area contributed by atoms with Gasteiger partial charge in [-0.05, 0) is 48.4 Å². The number of fused-ring (bicyclic) bond motifs is 1. The van der Waals surface area contributed by atoms with Crippen LogP contribution in [0.15, 0.2) is 18.2 Å². The first-order valence-electron chi connectivity index (χ1n) is 8.34. The van der Waals surface area contributed by atoms with Crippen LogP contribution in [-0.2, 0) is 11.2 Å². The summed E-state index contributed by atoms with van der Waals surface area (Å²) in [6.45, 7) is 5.50. The number of carbonyl (C=O) groups excluding carboxylic acids is 1. The summed E-state index contributed by atoms with van der Waals surface area (Å²) in [4.78, 5) is 11.6. The molecule has 1 aliphatic carbocycles. The third kappa shape index (κ3) is 2.59. The molecule has 1 unspecified atom stereocenters. The van der Waals surface area contributed by atoms with E-state index in [2.05, 4.69) is 42.7 Å². The number of carbonyl (C=O) groups is 1. The zero-order valence-corrected chi connectivity index (χ0v) is 13.2. The largest absolute Gasteiger partial charge is 0.326 e. The Morgan fingerprint density at radius 2 is 2.05 bits per heavy atom. The lowest BCUT2D eigenvalue weighted by Gasteiger charge is -2.38. The van der Waals surface area contributed by atoms with Gasteiger partial charge in [-0.25, -0.2) is 0 Å². The first-order valence-corrected chi connectivity index (χ1v) is 8.34. The van der Waals surface area contributed by atoms with Crippen molar-refractivity contribution in [2.24, 2.45) is 5.41 Å². The second kappa shape index (κ2) is 5.80. The van der Waals surface area contributed by atoms with Gasteiger partial charge in [-0.1, -0.05) is 38.8 Å². The Kier molecular flexibility index (Phi) is 4.03. The molecule has 0 bridgehead atoms. The van der Waals surface area contributed by atoms with Crippen LogP contribution in [0.4, 0.5) is 5.69 Å². The fraction of sp³-hybridized carbons (Fsp3) is 0.611. The minimum atomic E-state index is 0.119. The molecule has 3 heteroatoms. The third-order valence-electron chi connectivity index (χ3n) is 5.41. The van der Waals surface area contributed by atoms with Crippen LogP contribution in [-0.4, -0.2) is 12.5 Å². The molecule has 114 valence electrons. The van der Waals surface area contributed by atoms with Crippen LogP contribution in [0.5, 0.6) is 0 Å². The molecule has 0 saturated heterocycles. The maximum atomic E-state index is 11.6. The third-order valence-corrected chi connectivity index (χ3v) is 5.41. The molecule has 21 heavy (non-hydrogen) atoms. The zero-order chi connectivity index (χ0) is 14.9. The van der Waals surface area contributed by atoms with Gasteiger partial charge in [-0.2, -0.15) is 0 Å². The quantitative estimate of drug-likeness (QED) is 0.864. The highest BCUT2D eigenvalue weighted by Crippen LogP contribution is 2.50. The van der Waals surface area contributed by atoms with E-state index in [0.29, 0.717) is 17.9 Å². The summed E-state index contributed by atoms with van der Waals surface area (Å²) in [6, 6.07) is 6.94. The molecule has 1 amide bonds. The number of nitrogens with one attached hydrogen (secondary N) is 2. The Balaban J connectivity index is 1.94. The molecule has 3 rings (SSSR count). The molecule has 1 aromatic rings. The average Bonchev–Trinajstić information content (AvgIpc) is 3.10. The van der Waals surface area contributed by atoms with E-state index in [4.69, 9.17) is 0 Å². The molecule has 1 aromatic carbocycles. The van der Waals surface area contributed by atoms with Crippen LogP contribution in [0, 0.1) is 5.41 Å². The van der Waals surface area contributed by atoms with Crippen molar-refractivity contribution in [2.75, 3.05) is 11.9 Å². The lowest BCUT2D eigenvalue weighted by molar-refractivity contribution is -0.115. The average molecular weight is 286 g/mol. The molecule has 1 atom stereocenters. The van der Waals surface area contributed by atoms with Crippen molar-refractivity contribution in [3.63, 3.8) is 0 Å². The van der Waals surface area contributed by atoms with E-state index in [1.807, 2.05) is 0 Å². The zero-order valence-electron chi connectivity index (χ0n) is 13.2. The molecule has 1 saturated carbocycles. The maximum absolute atomic E-state index is 11.6. The fourth-order valence-corrected chi connectivity index (χ4v) is 4.25. The van der Waals surface area contributed by atoms with Gasteiger partial charge in [0.05, 0.1) is 6.42 Å². The topological polar surface area (TPSA) is 41.1 Å². The van der Waals surface area contributed by atoms with Crippen molar-refractivity contribution >= 4 is 11.6 Å². The van der Waals surface area contributed by atoms with Gasteiger partial charge in [0.1, 0.15) is 0 Å². The standard InChI is InChI=1S/C18H26N2O/c1-3-18(9-5-6-10-18)17(19-4-2)13-7-8-15-14(11-13)12-16(21)20-15/h7-8,11,17,19H,3-6,9-10,12H2,1-2H3,(H,20,21). The lowest BCUT2D eigenvalue weighted by atomic mass is 9.73. The van der Waals surface area contributed by atoms with E-state index in [-0.39, 0.29) is 5.91 Å². The Labute approximate surface area is 127 Å². The first kappa shape index (κ1) is 14.6. The molecule has 1 heterocycles. The minimum absolute atomic E-state index is 0.119. The van der Waals surface area contributed by atoms with E-state index in [1.54, 1.807) is 0 Å². The highest BCUT2D eigenvalue weighted by atomic mass is 16.1. The van der Waals surface area contributed by atoms with Crippen molar-refractivity contribution in [1.82, 2.24) is 5.32 Å². The number of amides is 1. The lowest BCUT2D eigenvalue weighted by Crippen LogP contribution is -2.36. The van der Waals surface area contributed by atoms with Crippen molar-refractivity contribution in [2.45, 2.75) is 58.4 Å². The Morgan fingerprint density at radius 3 is 2.71 bits per heavy atom. The van der Waals surface area contributed by atoms with Crippen LogP contribution in [0.1, 0.15) is 63.1 Å². The summed E-state index contributed by atoms with van der Waals surface area (Å²) in [5, 5.41) is 6.66. The summed E-state index contributed by atoms with van der Waals surface area (Å²) < 4.78 is 0. The Bertz CT molecular complexity index is 532. The normalized spacial score (nSPS) is 21.1. The molecule has 1 fully saturated rings. The van der Waals surface area contributed by atoms with E-state index < -0.39 is 0 Å². The molecule has 0 aromatic heterocycles. The maximum Gasteiger partial charge on any atom is 0.228 e. The highest BCUT2D eigenvalue weighted by molar-refractivity contribution is 5.99. The molecular weight excluding hydrogens is 260 g/mol. The monoisotopic (exact) mass is 286 g/mol. The SMILES string of the molecule is CCNC(c1ccc2c(c1)CC(=O)N2)C1(CC)CCCC1. The van der Waals surface area contributed by atoms with Gasteiger partial charge >= 0.3 is 0 Å². The second-order valence-corrected chi connectivity index (χ2v) is 6.56. The van der Waals surface area contributed by atoms with Gasteiger partial charge < -0.3 is 10.6 Å². The number of hydrogen-bond donors (Lipinski definition) is 2. The van der Waals surface area contributed by atoms with Crippen molar-refractivity contribution in [3.8, 4) is 0 Å². The van der Waals surface area contributed by atoms with Crippen LogP contribution < -0.4 is 10.6 Å². The summed E-state index contributed by atoms with van der Waals surface area (Å²) in [5.41, 5.74) is 3.90. The van der Waals surface area contributed by atoms with Crippen molar-refractivity contribution in [1.29, 1.82) is 0 Å². The summed E-state index contributed by atoms with van der Waals surface area (Å²) in [6.07, 6.45) is 7.08. The van der Waals surface area contributed by atoms with Crippen LogP contribution in [0.25, 0.3) is 0 Å². The fourth-order valence-electron chi connectivity index (χ4n) is 4.25. The first-order chi connectivity index (χ1) is 10.2. The van der Waals surface area contributed by atoms with Crippen LogP contribution in [0.3, 0.4) is 0 Å². The molecular formula is C18H26N2O. The number of benzene rings is 1. The highest BCUT2D eigenvalue weighted by Gasteiger charge is 2.40. The number of hydrogen-bond acceptors (Lipinski definition) is 2. The van der Waals surface area contributed by atoms with Gasteiger partial charge in [-0.3, -0.25) is 4.79 Å². The minimum Gasteiger partial charge on any atom is -0.326 e. The number of anilines is 1.